The lowest BCUT2D eigenvalue weighted by molar-refractivity contribution is 0.762. The third-order valence-electron chi connectivity index (χ3n) is 3.11. The Hall–Kier alpha value is -1.84. The highest BCUT2D eigenvalue weighted by Gasteiger charge is 2.21. The summed E-state index contributed by atoms with van der Waals surface area (Å²) >= 11 is 0. The average Bonchev–Trinajstić information content (AvgIpc) is 3.12. The number of nitrogens with zero attached hydrogens (tertiary/aromatic N) is 3. The van der Waals surface area contributed by atoms with Gasteiger partial charge in [-0.25, -0.2) is 0 Å². The second kappa shape index (κ2) is 4.20. The van der Waals surface area contributed by atoms with Gasteiger partial charge in [-0.3, -0.25) is 9.67 Å². The molecule has 1 aliphatic rings. The molecule has 2 aromatic heterocycles. The summed E-state index contributed by atoms with van der Waals surface area (Å²) in [4.78, 5) is 4.11. The molecule has 0 amide bonds. The summed E-state index contributed by atoms with van der Waals surface area (Å²) in [7, 11) is 1.97. The van der Waals surface area contributed by atoms with Gasteiger partial charge in [0.05, 0.1) is 5.69 Å². The van der Waals surface area contributed by atoms with Crippen molar-refractivity contribution in [3.63, 3.8) is 0 Å². The van der Waals surface area contributed by atoms with E-state index in [1.807, 2.05) is 30.1 Å². The zero-order valence-corrected chi connectivity index (χ0v) is 9.93. The highest BCUT2D eigenvalue weighted by atomic mass is 15.3. The average molecular weight is 228 g/mol. The molecule has 17 heavy (non-hydrogen) atoms. The lowest BCUT2D eigenvalue weighted by atomic mass is 10.2. The number of pyridine rings is 1. The largest absolute Gasteiger partial charge is 0.370 e. The van der Waals surface area contributed by atoms with Crippen LogP contribution >= 0.6 is 0 Å². The van der Waals surface area contributed by atoms with Crippen LogP contribution in [0.2, 0.25) is 0 Å². The molecule has 1 fully saturated rings. The summed E-state index contributed by atoms with van der Waals surface area (Å²) in [5, 5.41) is 7.94. The molecule has 0 aliphatic heterocycles. The second-order valence-corrected chi connectivity index (χ2v) is 4.60. The van der Waals surface area contributed by atoms with Crippen LogP contribution in [0.3, 0.4) is 0 Å². The third-order valence-corrected chi connectivity index (χ3v) is 3.11. The first kappa shape index (κ1) is 10.3. The fraction of sp³-hybridized carbons (Fsp3) is 0.385. The number of nitrogens with one attached hydrogen (secondary N) is 1. The van der Waals surface area contributed by atoms with E-state index in [4.69, 9.17) is 0 Å². The van der Waals surface area contributed by atoms with Crippen molar-refractivity contribution in [3.05, 3.63) is 30.6 Å². The first-order valence-corrected chi connectivity index (χ1v) is 6.01. The number of aromatic nitrogens is 3. The molecule has 0 atom stereocenters. The van der Waals surface area contributed by atoms with E-state index >= 15 is 0 Å². The van der Waals surface area contributed by atoms with Gasteiger partial charge in [0.15, 0.2) is 0 Å². The van der Waals surface area contributed by atoms with Gasteiger partial charge < -0.3 is 5.32 Å². The molecule has 0 aromatic carbocycles. The Morgan fingerprint density at radius 2 is 2.35 bits per heavy atom. The number of anilines is 1. The molecule has 1 N–H and O–H groups in total. The van der Waals surface area contributed by atoms with Crippen molar-refractivity contribution >= 4 is 5.82 Å². The quantitative estimate of drug-likeness (QED) is 0.873. The first-order chi connectivity index (χ1) is 8.33. The van der Waals surface area contributed by atoms with Gasteiger partial charge in [0, 0.05) is 37.6 Å². The molecule has 2 heterocycles. The molecule has 0 spiro atoms. The Kier molecular flexibility index (Phi) is 2.55. The molecule has 3 rings (SSSR count). The van der Waals surface area contributed by atoms with Crippen LogP contribution in [0.25, 0.3) is 11.3 Å². The monoisotopic (exact) mass is 228 g/mol. The maximum absolute atomic E-state index is 4.49. The molecule has 1 aliphatic carbocycles. The van der Waals surface area contributed by atoms with E-state index in [0.717, 1.165) is 29.5 Å². The number of aryl methyl sites for hydroxylation is 1. The minimum absolute atomic E-state index is 0.867. The van der Waals surface area contributed by atoms with Crippen molar-refractivity contribution in [2.24, 2.45) is 13.0 Å². The van der Waals surface area contributed by atoms with E-state index < -0.39 is 0 Å². The predicted octanol–water partition coefficient (Wildman–Crippen LogP) is 2.30. The summed E-state index contributed by atoms with van der Waals surface area (Å²) in [6.45, 7) is 1.06. The summed E-state index contributed by atoms with van der Waals surface area (Å²) in [6.07, 6.45) is 6.34. The van der Waals surface area contributed by atoms with Crippen LogP contribution in [0.1, 0.15) is 12.8 Å². The highest BCUT2D eigenvalue weighted by molar-refractivity contribution is 5.61. The molecular formula is C13H16N4. The van der Waals surface area contributed by atoms with Gasteiger partial charge in [-0.1, -0.05) is 0 Å². The molecule has 0 unspecified atom stereocenters. The minimum Gasteiger partial charge on any atom is -0.370 e. The zero-order valence-electron chi connectivity index (χ0n) is 9.93. The van der Waals surface area contributed by atoms with Gasteiger partial charge in [-0.05, 0) is 30.9 Å². The van der Waals surface area contributed by atoms with Gasteiger partial charge in [0.2, 0.25) is 0 Å². The summed E-state index contributed by atoms with van der Waals surface area (Å²) in [5.74, 6) is 1.95. The highest BCUT2D eigenvalue weighted by Crippen LogP contribution is 2.29. The SMILES string of the molecule is Cn1nc(-c2cccnc2)cc1NCC1CC1. The van der Waals surface area contributed by atoms with Crippen LogP contribution in [-0.2, 0) is 7.05 Å². The smallest absolute Gasteiger partial charge is 0.124 e. The normalized spacial score (nSPS) is 14.9. The third kappa shape index (κ3) is 2.30. The Morgan fingerprint density at radius 1 is 1.47 bits per heavy atom. The van der Waals surface area contributed by atoms with Crippen LogP contribution < -0.4 is 5.32 Å². The molecule has 4 heteroatoms. The van der Waals surface area contributed by atoms with Gasteiger partial charge >= 0.3 is 0 Å². The fourth-order valence-electron chi connectivity index (χ4n) is 1.86. The molecule has 88 valence electrons. The molecular weight excluding hydrogens is 212 g/mol. The zero-order chi connectivity index (χ0) is 11.7. The maximum atomic E-state index is 4.49. The topological polar surface area (TPSA) is 42.7 Å². The number of rotatable bonds is 4. The van der Waals surface area contributed by atoms with Crippen molar-refractivity contribution in [3.8, 4) is 11.3 Å². The van der Waals surface area contributed by atoms with Crippen LogP contribution in [-0.4, -0.2) is 21.3 Å². The molecule has 2 aromatic rings. The lowest BCUT2D eigenvalue weighted by Crippen LogP contribution is -2.07. The lowest BCUT2D eigenvalue weighted by Gasteiger charge is -2.03. The van der Waals surface area contributed by atoms with Gasteiger partial charge in [-0.2, -0.15) is 5.10 Å². The van der Waals surface area contributed by atoms with Crippen molar-refractivity contribution in [2.75, 3.05) is 11.9 Å². The summed E-state index contributed by atoms with van der Waals surface area (Å²) < 4.78 is 1.89. The van der Waals surface area contributed by atoms with E-state index in [9.17, 15) is 0 Å². The Balaban J connectivity index is 1.79. The number of hydrogen-bond acceptors (Lipinski definition) is 3. The molecule has 0 saturated heterocycles. The standard InChI is InChI=1S/C13H16N4/c1-17-13(15-8-10-4-5-10)7-12(16-17)11-3-2-6-14-9-11/h2-3,6-7,9-10,15H,4-5,8H2,1H3. The van der Waals surface area contributed by atoms with Crippen LogP contribution in [0.5, 0.6) is 0 Å². The Morgan fingerprint density at radius 3 is 3.06 bits per heavy atom. The van der Waals surface area contributed by atoms with Crippen molar-refractivity contribution in [1.29, 1.82) is 0 Å². The van der Waals surface area contributed by atoms with Gasteiger partial charge in [0.1, 0.15) is 5.82 Å². The summed E-state index contributed by atoms with van der Waals surface area (Å²) in [6, 6.07) is 6.04. The Bertz CT molecular complexity index is 499. The van der Waals surface area contributed by atoms with Gasteiger partial charge in [-0.15, -0.1) is 0 Å². The maximum Gasteiger partial charge on any atom is 0.124 e. The van der Waals surface area contributed by atoms with Crippen LogP contribution in [0, 0.1) is 5.92 Å². The van der Waals surface area contributed by atoms with Gasteiger partial charge in [0.25, 0.3) is 0 Å². The molecule has 0 radical (unpaired) electrons. The molecule has 1 saturated carbocycles. The van der Waals surface area contributed by atoms with E-state index in [1.165, 1.54) is 12.8 Å². The van der Waals surface area contributed by atoms with E-state index in [1.54, 1.807) is 6.20 Å². The molecule has 0 bridgehead atoms. The van der Waals surface area contributed by atoms with Crippen LogP contribution in [0.15, 0.2) is 30.6 Å². The van der Waals surface area contributed by atoms with Crippen LogP contribution in [0.4, 0.5) is 5.82 Å². The Labute approximate surface area is 101 Å². The first-order valence-electron chi connectivity index (χ1n) is 6.01. The summed E-state index contributed by atoms with van der Waals surface area (Å²) in [5.41, 5.74) is 2.03. The van der Waals surface area contributed by atoms with Crippen molar-refractivity contribution in [1.82, 2.24) is 14.8 Å². The van der Waals surface area contributed by atoms with Crippen molar-refractivity contribution in [2.45, 2.75) is 12.8 Å². The van der Waals surface area contributed by atoms with E-state index in [0.29, 0.717) is 0 Å². The number of hydrogen-bond donors (Lipinski definition) is 1. The molecule has 4 nitrogen and oxygen atoms in total. The van der Waals surface area contributed by atoms with Crippen molar-refractivity contribution < 1.29 is 0 Å². The second-order valence-electron chi connectivity index (χ2n) is 4.60. The minimum atomic E-state index is 0.867. The fourth-order valence-corrected chi connectivity index (χ4v) is 1.86. The predicted molar refractivity (Wildman–Crippen MR) is 67.7 cm³/mol. The van der Waals surface area contributed by atoms with E-state index in [-0.39, 0.29) is 0 Å². The van der Waals surface area contributed by atoms with E-state index in [2.05, 4.69) is 21.5 Å².